The molecule has 0 radical (unpaired) electrons. The normalized spacial score (nSPS) is 11.2. The Kier molecular flexibility index (Phi) is 5.01. The minimum absolute atomic E-state index is 0.189. The Morgan fingerprint density at radius 1 is 1.24 bits per heavy atom. The van der Waals surface area contributed by atoms with Crippen molar-refractivity contribution in [2.24, 2.45) is 0 Å². The van der Waals surface area contributed by atoms with Gasteiger partial charge in [-0.3, -0.25) is 14.1 Å². The van der Waals surface area contributed by atoms with Gasteiger partial charge in [-0.05, 0) is 36.9 Å². The van der Waals surface area contributed by atoms with Crippen LogP contribution in [-0.2, 0) is 13.1 Å². The van der Waals surface area contributed by atoms with Crippen LogP contribution in [0.25, 0.3) is 5.65 Å². The van der Waals surface area contributed by atoms with E-state index in [1.807, 2.05) is 18.0 Å². The molecule has 0 aliphatic carbocycles. The standard InChI is InChI=1S/C18H17ClFN3O2/c1-22(9-12-3-5-16(25-2)15(20)7-12)11-14-8-18(24)23-10-13(19)4-6-17(23)21-14/h3-8,10H,9,11H2,1-2H3. The van der Waals surface area contributed by atoms with Crippen LogP contribution in [0, 0.1) is 5.82 Å². The first-order valence-electron chi connectivity index (χ1n) is 7.65. The molecule has 25 heavy (non-hydrogen) atoms. The maximum atomic E-state index is 13.8. The number of methoxy groups -OCH3 is 1. The van der Waals surface area contributed by atoms with E-state index in [2.05, 4.69) is 4.98 Å². The van der Waals surface area contributed by atoms with Crippen LogP contribution >= 0.6 is 11.6 Å². The highest BCUT2D eigenvalue weighted by Crippen LogP contribution is 2.18. The van der Waals surface area contributed by atoms with Crippen molar-refractivity contribution in [3.05, 3.63) is 75.0 Å². The molecule has 0 atom stereocenters. The number of hydrogen-bond donors (Lipinski definition) is 0. The molecule has 2 aromatic heterocycles. The zero-order valence-corrected chi connectivity index (χ0v) is 14.6. The van der Waals surface area contributed by atoms with Gasteiger partial charge in [-0.2, -0.15) is 0 Å². The lowest BCUT2D eigenvalue weighted by molar-refractivity contribution is 0.313. The minimum Gasteiger partial charge on any atom is -0.494 e. The molecule has 3 aromatic rings. The molecule has 0 aliphatic rings. The Morgan fingerprint density at radius 2 is 2.04 bits per heavy atom. The van der Waals surface area contributed by atoms with Crippen molar-refractivity contribution in [2.75, 3.05) is 14.2 Å². The number of pyridine rings is 1. The number of ether oxygens (including phenoxy) is 1. The second-order valence-electron chi connectivity index (χ2n) is 5.80. The van der Waals surface area contributed by atoms with Gasteiger partial charge < -0.3 is 4.74 Å². The van der Waals surface area contributed by atoms with E-state index in [9.17, 15) is 9.18 Å². The first kappa shape index (κ1) is 17.4. The number of aromatic nitrogens is 2. The Labute approximate surface area is 149 Å². The summed E-state index contributed by atoms with van der Waals surface area (Å²) in [5.41, 5.74) is 1.80. The third kappa shape index (κ3) is 3.97. The Morgan fingerprint density at radius 3 is 2.76 bits per heavy atom. The van der Waals surface area contributed by atoms with Gasteiger partial charge in [-0.1, -0.05) is 17.7 Å². The summed E-state index contributed by atoms with van der Waals surface area (Å²) in [6.07, 6.45) is 1.54. The van der Waals surface area contributed by atoms with Gasteiger partial charge in [0.15, 0.2) is 11.6 Å². The smallest absolute Gasteiger partial charge is 0.258 e. The Bertz CT molecular complexity index is 974. The lowest BCUT2D eigenvalue weighted by Crippen LogP contribution is -2.22. The van der Waals surface area contributed by atoms with Crippen molar-refractivity contribution < 1.29 is 9.13 Å². The van der Waals surface area contributed by atoms with Crippen LogP contribution < -0.4 is 10.3 Å². The lowest BCUT2D eigenvalue weighted by Gasteiger charge is -2.17. The SMILES string of the molecule is COc1ccc(CN(C)Cc2cc(=O)n3cc(Cl)ccc3n2)cc1F. The Balaban J connectivity index is 1.77. The van der Waals surface area contributed by atoms with Crippen molar-refractivity contribution in [2.45, 2.75) is 13.1 Å². The molecule has 0 N–H and O–H groups in total. The molecule has 0 unspecified atom stereocenters. The molecule has 0 saturated heterocycles. The van der Waals surface area contributed by atoms with Crippen molar-refractivity contribution in [1.82, 2.24) is 14.3 Å². The summed E-state index contributed by atoms with van der Waals surface area (Å²) < 4.78 is 20.1. The van der Waals surface area contributed by atoms with E-state index in [1.54, 1.807) is 24.4 Å². The van der Waals surface area contributed by atoms with Gasteiger partial charge >= 0.3 is 0 Å². The molecule has 0 bridgehead atoms. The molecular weight excluding hydrogens is 345 g/mol. The van der Waals surface area contributed by atoms with E-state index in [-0.39, 0.29) is 11.3 Å². The highest BCUT2D eigenvalue weighted by molar-refractivity contribution is 6.30. The summed E-state index contributed by atoms with van der Waals surface area (Å²) in [6, 6.07) is 9.73. The van der Waals surface area contributed by atoms with Gasteiger partial charge in [0.25, 0.3) is 5.56 Å². The summed E-state index contributed by atoms with van der Waals surface area (Å²) in [5.74, 6) is -0.179. The predicted octanol–water partition coefficient (Wildman–Crippen LogP) is 3.13. The van der Waals surface area contributed by atoms with Crippen LogP contribution in [-0.4, -0.2) is 28.4 Å². The van der Waals surface area contributed by atoms with Crippen LogP contribution in [0.15, 0.2) is 47.4 Å². The zero-order chi connectivity index (χ0) is 18.0. The lowest BCUT2D eigenvalue weighted by atomic mass is 10.2. The van der Waals surface area contributed by atoms with E-state index >= 15 is 0 Å². The number of benzene rings is 1. The fourth-order valence-corrected chi connectivity index (χ4v) is 2.82. The van der Waals surface area contributed by atoms with Crippen molar-refractivity contribution in [3.63, 3.8) is 0 Å². The summed E-state index contributed by atoms with van der Waals surface area (Å²) in [4.78, 5) is 18.6. The molecule has 1 aromatic carbocycles. The zero-order valence-electron chi connectivity index (χ0n) is 13.9. The molecule has 2 heterocycles. The molecular formula is C18H17ClFN3O2. The summed E-state index contributed by atoms with van der Waals surface area (Å²) >= 11 is 5.90. The Hall–Kier alpha value is -2.44. The molecule has 0 aliphatic heterocycles. The van der Waals surface area contributed by atoms with Crippen molar-refractivity contribution >= 4 is 17.2 Å². The average molecular weight is 362 g/mol. The summed E-state index contributed by atoms with van der Waals surface area (Å²) in [7, 11) is 3.31. The highest BCUT2D eigenvalue weighted by Gasteiger charge is 2.09. The number of halogens is 2. The second kappa shape index (κ2) is 7.21. The minimum atomic E-state index is -0.396. The van der Waals surface area contributed by atoms with E-state index in [4.69, 9.17) is 16.3 Å². The molecule has 7 heteroatoms. The second-order valence-corrected chi connectivity index (χ2v) is 6.24. The monoisotopic (exact) mass is 361 g/mol. The molecule has 0 fully saturated rings. The topological polar surface area (TPSA) is 46.8 Å². The first-order chi connectivity index (χ1) is 12.0. The van der Waals surface area contributed by atoms with Gasteiger partial charge in [0.1, 0.15) is 5.65 Å². The predicted molar refractivity (Wildman–Crippen MR) is 94.6 cm³/mol. The number of nitrogens with zero attached hydrogens (tertiary/aromatic N) is 3. The van der Waals surface area contributed by atoms with E-state index in [1.165, 1.54) is 23.6 Å². The van der Waals surface area contributed by atoms with Gasteiger partial charge in [0.2, 0.25) is 0 Å². The summed E-state index contributed by atoms with van der Waals surface area (Å²) in [6.45, 7) is 0.977. The molecule has 130 valence electrons. The molecule has 0 amide bonds. The van der Waals surface area contributed by atoms with Crippen molar-refractivity contribution in [3.8, 4) is 5.75 Å². The fourth-order valence-electron chi connectivity index (χ4n) is 2.66. The van der Waals surface area contributed by atoms with Crippen LogP contribution in [0.4, 0.5) is 4.39 Å². The molecule has 0 spiro atoms. The maximum Gasteiger partial charge on any atom is 0.258 e. The van der Waals surface area contributed by atoms with Gasteiger partial charge in [0.05, 0.1) is 17.8 Å². The average Bonchev–Trinajstić information content (AvgIpc) is 2.56. The maximum absolute atomic E-state index is 13.8. The van der Waals surface area contributed by atoms with E-state index in [0.717, 1.165) is 5.56 Å². The number of hydrogen-bond acceptors (Lipinski definition) is 4. The van der Waals surface area contributed by atoms with Crippen molar-refractivity contribution in [1.29, 1.82) is 0 Å². The van der Waals surface area contributed by atoms with Crippen LogP contribution in [0.5, 0.6) is 5.75 Å². The highest BCUT2D eigenvalue weighted by atomic mass is 35.5. The first-order valence-corrected chi connectivity index (χ1v) is 8.03. The summed E-state index contributed by atoms with van der Waals surface area (Å²) in [5, 5.41) is 0.475. The van der Waals surface area contributed by atoms with Crippen LogP contribution in [0.1, 0.15) is 11.3 Å². The molecule has 3 rings (SSSR count). The van der Waals surface area contributed by atoms with E-state index in [0.29, 0.717) is 29.5 Å². The van der Waals surface area contributed by atoms with Crippen LogP contribution in [0.2, 0.25) is 5.02 Å². The van der Waals surface area contributed by atoms with Gasteiger partial charge in [-0.25, -0.2) is 9.37 Å². The van der Waals surface area contributed by atoms with Gasteiger partial charge in [0, 0.05) is 25.4 Å². The number of rotatable bonds is 5. The third-order valence-electron chi connectivity index (χ3n) is 3.78. The molecule has 5 nitrogen and oxygen atoms in total. The van der Waals surface area contributed by atoms with Crippen LogP contribution in [0.3, 0.4) is 0 Å². The number of fused-ring (bicyclic) bond motifs is 1. The third-order valence-corrected chi connectivity index (χ3v) is 4.00. The fraction of sp³-hybridized carbons (Fsp3) is 0.222. The van der Waals surface area contributed by atoms with E-state index < -0.39 is 5.82 Å². The quantitative estimate of drug-likeness (QED) is 0.700. The molecule has 0 saturated carbocycles. The largest absolute Gasteiger partial charge is 0.494 e. The van der Waals surface area contributed by atoms with Gasteiger partial charge in [-0.15, -0.1) is 0 Å².